The van der Waals surface area contributed by atoms with Crippen molar-refractivity contribution in [3.05, 3.63) is 29.3 Å². The number of nitrogens with zero attached hydrogens (tertiary/aromatic N) is 1. The number of benzene rings is 1. The molecule has 0 fully saturated rings. The summed E-state index contributed by atoms with van der Waals surface area (Å²) in [5, 5.41) is 0. The first kappa shape index (κ1) is 10.2. The average molecular weight is 203 g/mol. The van der Waals surface area contributed by atoms with Crippen molar-refractivity contribution in [2.45, 2.75) is 39.3 Å². The van der Waals surface area contributed by atoms with Crippen LogP contribution in [0.2, 0.25) is 0 Å². The Morgan fingerprint density at radius 2 is 2.20 bits per heavy atom. The Labute approximate surface area is 90.9 Å². The molecule has 1 heterocycles. The van der Waals surface area contributed by atoms with E-state index in [1.54, 1.807) is 0 Å². The molecule has 0 amide bonds. The molecule has 80 valence electrons. The summed E-state index contributed by atoms with van der Waals surface area (Å²) in [5.41, 5.74) is 3.38. The Morgan fingerprint density at radius 3 is 2.80 bits per heavy atom. The van der Waals surface area contributed by atoms with Crippen molar-refractivity contribution < 1.29 is 4.79 Å². The van der Waals surface area contributed by atoms with Gasteiger partial charge in [-0.1, -0.05) is 0 Å². The molecule has 0 saturated carbocycles. The molecule has 1 aromatic rings. The van der Waals surface area contributed by atoms with E-state index in [1.165, 1.54) is 11.3 Å². The van der Waals surface area contributed by atoms with Crippen molar-refractivity contribution in [1.29, 1.82) is 0 Å². The zero-order valence-corrected chi connectivity index (χ0v) is 9.53. The maximum Gasteiger partial charge on any atom is 0.150 e. The number of aldehydes is 1. The lowest BCUT2D eigenvalue weighted by Gasteiger charge is -2.29. The Hall–Kier alpha value is -1.31. The summed E-state index contributed by atoms with van der Waals surface area (Å²) in [4.78, 5) is 13.1. The molecule has 0 radical (unpaired) electrons. The first-order valence-corrected chi connectivity index (χ1v) is 5.50. The third-order valence-electron chi connectivity index (χ3n) is 3.06. The van der Waals surface area contributed by atoms with Gasteiger partial charge in [0.25, 0.3) is 0 Å². The maximum atomic E-state index is 10.7. The zero-order valence-electron chi connectivity index (χ0n) is 9.53. The van der Waals surface area contributed by atoms with Crippen LogP contribution in [0.4, 0.5) is 5.69 Å². The minimum Gasteiger partial charge on any atom is -0.366 e. The quantitative estimate of drug-likeness (QED) is 0.689. The van der Waals surface area contributed by atoms with E-state index in [0.29, 0.717) is 12.1 Å². The van der Waals surface area contributed by atoms with Gasteiger partial charge in [0, 0.05) is 23.3 Å². The number of carbonyl (C=O) groups excluding carboxylic acids is 1. The lowest BCUT2D eigenvalue weighted by atomic mass is 10.1. The Balaban J connectivity index is 2.42. The van der Waals surface area contributed by atoms with E-state index in [0.717, 1.165) is 18.3 Å². The van der Waals surface area contributed by atoms with Gasteiger partial charge in [0.05, 0.1) is 0 Å². The van der Waals surface area contributed by atoms with Gasteiger partial charge in [-0.05, 0) is 51.0 Å². The average Bonchev–Trinajstić information content (AvgIpc) is 2.52. The molecule has 2 heteroatoms. The third kappa shape index (κ3) is 1.65. The monoisotopic (exact) mass is 203 g/mol. The van der Waals surface area contributed by atoms with Crippen molar-refractivity contribution in [1.82, 2.24) is 0 Å². The minimum atomic E-state index is 0.517. The van der Waals surface area contributed by atoms with Crippen LogP contribution in [0.15, 0.2) is 18.2 Å². The molecule has 0 saturated heterocycles. The Morgan fingerprint density at radius 1 is 1.47 bits per heavy atom. The van der Waals surface area contributed by atoms with Crippen molar-refractivity contribution in [3.8, 4) is 0 Å². The van der Waals surface area contributed by atoms with E-state index in [2.05, 4.69) is 31.7 Å². The molecule has 1 aliphatic rings. The van der Waals surface area contributed by atoms with Gasteiger partial charge >= 0.3 is 0 Å². The van der Waals surface area contributed by atoms with Gasteiger partial charge in [-0.15, -0.1) is 0 Å². The lowest BCUT2D eigenvalue weighted by Crippen LogP contribution is -2.35. The molecule has 2 rings (SSSR count). The zero-order chi connectivity index (χ0) is 11.0. The fourth-order valence-electron chi connectivity index (χ4n) is 2.54. The number of anilines is 1. The highest BCUT2D eigenvalue weighted by Crippen LogP contribution is 2.33. The van der Waals surface area contributed by atoms with Crippen molar-refractivity contribution in [3.63, 3.8) is 0 Å². The summed E-state index contributed by atoms with van der Waals surface area (Å²) in [6.45, 7) is 6.65. The number of rotatable bonds is 2. The van der Waals surface area contributed by atoms with Gasteiger partial charge in [0.15, 0.2) is 0 Å². The van der Waals surface area contributed by atoms with Crippen LogP contribution in [0.1, 0.15) is 36.7 Å². The fourth-order valence-corrected chi connectivity index (χ4v) is 2.54. The predicted octanol–water partition coefficient (Wildman–Crippen LogP) is 2.66. The minimum absolute atomic E-state index is 0.517. The van der Waals surface area contributed by atoms with E-state index in [-0.39, 0.29) is 0 Å². The second-order valence-corrected chi connectivity index (χ2v) is 4.56. The number of carbonyl (C=O) groups is 1. The molecule has 1 aromatic carbocycles. The smallest absolute Gasteiger partial charge is 0.150 e. The van der Waals surface area contributed by atoms with Gasteiger partial charge in [0.2, 0.25) is 0 Å². The van der Waals surface area contributed by atoms with Gasteiger partial charge in [-0.25, -0.2) is 0 Å². The summed E-state index contributed by atoms with van der Waals surface area (Å²) < 4.78 is 0. The molecule has 0 aromatic heterocycles. The van der Waals surface area contributed by atoms with Crippen LogP contribution in [-0.2, 0) is 6.42 Å². The SMILES string of the molecule is CC(C)N1c2ccc(C=O)cc2C[C@@H]1C. The molecular formula is C13H17NO. The molecule has 15 heavy (non-hydrogen) atoms. The third-order valence-corrected chi connectivity index (χ3v) is 3.06. The molecule has 1 aliphatic heterocycles. The van der Waals surface area contributed by atoms with E-state index >= 15 is 0 Å². The predicted molar refractivity (Wildman–Crippen MR) is 62.6 cm³/mol. The summed E-state index contributed by atoms with van der Waals surface area (Å²) in [6, 6.07) is 7.05. The summed E-state index contributed by atoms with van der Waals surface area (Å²) in [7, 11) is 0. The van der Waals surface area contributed by atoms with Crippen molar-refractivity contribution in [2.24, 2.45) is 0 Å². The van der Waals surface area contributed by atoms with Gasteiger partial charge < -0.3 is 4.90 Å². The molecular weight excluding hydrogens is 186 g/mol. The van der Waals surface area contributed by atoms with Crippen LogP contribution in [0.3, 0.4) is 0 Å². The maximum absolute atomic E-state index is 10.7. The topological polar surface area (TPSA) is 20.3 Å². The van der Waals surface area contributed by atoms with E-state index in [1.807, 2.05) is 12.1 Å². The van der Waals surface area contributed by atoms with Crippen molar-refractivity contribution >= 4 is 12.0 Å². The lowest BCUT2D eigenvalue weighted by molar-refractivity contribution is 0.112. The molecule has 0 bridgehead atoms. The van der Waals surface area contributed by atoms with Crippen LogP contribution in [0, 0.1) is 0 Å². The molecule has 2 nitrogen and oxygen atoms in total. The number of hydrogen-bond donors (Lipinski definition) is 0. The highest BCUT2D eigenvalue weighted by Gasteiger charge is 2.27. The molecule has 0 aliphatic carbocycles. The first-order valence-electron chi connectivity index (χ1n) is 5.50. The van der Waals surface area contributed by atoms with Crippen LogP contribution >= 0.6 is 0 Å². The summed E-state index contributed by atoms with van der Waals surface area (Å²) in [6.07, 6.45) is 1.97. The van der Waals surface area contributed by atoms with E-state index in [9.17, 15) is 4.79 Å². The second kappa shape index (κ2) is 3.69. The number of hydrogen-bond acceptors (Lipinski definition) is 2. The van der Waals surface area contributed by atoms with E-state index in [4.69, 9.17) is 0 Å². The summed E-state index contributed by atoms with van der Waals surface area (Å²) in [5.74, 6) is 0. The number of fused-ring (bicyclic) bond motifs is 1. The van der Waals surface area contributed by atoms with Crippen LogP contribution in [0.25, 0.3) is 0 Å². The highest BCUT2D eigenvalue weighted by molar-refractivity contribution is 5.77. The van der Waals surface area contributed by atoms with Crippen LogP contribution < -0.4 is 4.90 Å². The van der Waals surface area contributed by atoms with Gasteiger partial charge in [-0.2, -0.15) is 0 Å². The van der Waals surface area contributed by atoms with Crippen molar-refractivity contribution in [2.75, 3.05) is 4.90 Å². The van der Waals surface area contributed by atoms with Crippen LogP contribution in [0.5, 0.6) is 0 Å². The Kier molecular flexibility index (Phi) is 2.51. The van der Waals surface area contributed by atoms with Crippen LogP contribution in [-0.4, -0.2) is 18.4 Å². The second-order valence-electron chi connectivity index (χ2n) is 4.56. The largest absolute Gasteiger partial charge is 0.366 e. The molecule has 0 unspecified atom stereocenters. The first-order chi connectivity index (χ1) is 7.13. The molecule has 0 spiro atoms. The van der Waals surface area contributed by atoms with E-state index < -0.39 is 0 Å². The molecule has 0 N–H and O–H groups in total. The molecule has 1 atom stereocenters. The van der Waals surface area contributed by atoms with Gasteiger partial charge in [-0.3, -0.25) is 4.79 Å². The van der Waals surface area contributed by atoms with Gasteiger partial charge in [0.1, 0.15) is 6.29 Å². The standard InChI is InChI=1S/C13H17NO/c1-9(2)14-10(3)6-12-7-11(8-15)4-5-13(12)14/h4-5,7-10H,6H2,1-3H3/t10-/m0/s1. The fraction of sp³-hybridized carbons (Fsp3) is 0.462. The normalized spacial score (nSPS) is 19.5. The highest BCUT2D eigenvalue weighted by atomic mass is 16.1. The Bertz CT molecular complexity index is 384. The summed E-state index contributed by atoms with van der Waals surface area (Å²) >= 11 is 0.